The summed E-state index contributed by atoms with van der Waals surface area (Å²) >= 11 is 7.45. The Balaban J connectivity index is 1.86. The van der Waals surface area contributed by atoms with Gasteiger partial charge in [-0.2, -0.15) is 0 Å². The second-order valence-corrected chi connectivity index (χ2v) is 5.80. The lowest BCUT2D eigenvalue weighted by molar-refractivity contribution is -0.115. The van der Waals surface area contributed by atoms with Crippen LogP contribution in [-0.4, -0.2) is 11.7 Å². The van der Waals surface area contributed by atoms with E-state index in [2.05, 4.69) is 5.32 Å². The third kappa shape index (κ3) is 4.37. The average Bonchev–Trinajstić information content (AvgIpc) is 2.45. The molecule has 0 spiro atoms. The first kappa shape index (κ1) is 15.7. The molecule has 0 atom stereocenters. The van der Waals surface area contributed by atoms with Crippen LogP contribution in [0.25, 0.3) is 0 Å². The van der Waals surface area contributed by atoms with Crippen LogP contribution < -0.4 is 11.1 Å². The molecule has 2 aromatic rings. The first-order valence-corrected chi connectivity index (χ1v) is 7.65. The zero-order valence-electron chi connectivity index (χ0n) is 11.1. The third-order valence-electron chi connectivity index (χ3n) is 2.72. The SMILES string of the molecule is Nc1cccc(Cl)c1SCCC(=O)Nc1ccccc1F. The van der Waals surface area contributed by atoms with Crippen LogP contribution in [0.5, 0.6) is 0 Å². The zero-order chi connectivity index (χ0) is 15.2. The summed E-state index contributed by atoms with van der Waals surface area (Å²) in [5.41, 5.74) is 6.60. The molecule has 21 heavy (non-hydrogen) atoms. The minimum Gasteiger partial charge on any atom is -0.398 e. The highest BCUT2D eigenvalue weighted by molar-refractivity contribution is 7.99. The van der Waals surface area contributed by atoms with Gasteiger partial charge in [0.15, 0.2) is 0 Å². The van der Waals surface area contributed by atoms with Crippen molar-refractivity contribution in [2.75, 3.05) is 16.8 Å². The molecule has 110 valence electrons. The molecule has 6 heteroatoms. The Morgan fingerprint density at radius 1 is 1.24 bits per heavy atom. The first-order valence-electron chi connectivity index (χ1n) is 6.29. The fraction of sp³-hybridized carbons (Fsp3) is 0.133. The van der Waals surface area contributed by atoms with Gasteiger partial charge in [0.25, 0.3) is 0 Å². The van der Waals surface area contributed by atoms with Crippen LogP contribution in [0.4, 0.5) is 15.8 Å². The maximum atomic E-state index is 13.4. The van der Waals surface area contributed by atoms with E-state index in [-0.39, 0.29) is 18.0 Å². The summed E-state index contributed by atoms with van der Waals surface area (Å²) in [6.45, 7) is 0. The van der Waals surface area contributed by atoms with E-state index in [9.17, 15) is 9.18 Å². The van der Waals surface area contributed by atoms with Gasteiger partial charge in [0.05, 0.1) is 10.7 Å². The topological polar surface area (TPSA) is 55.1 Å². The number of hydrogen-bond acceptors (Lipinski definition) is 3. The minimum atomic E-state index is -0.450. The van der Waals surface area contributed by atoms with E-state index in [1.165, 1.54) is 23.9 Å². The Kier molecular flexibility index (Phi) is 5.47. The largest absolute Gasteiger partial charge is 0.398 e. The molecule has 0 aromatic heterocycles. The molecule has 1 amide bonds. The third-order valence-corrected chi connectivity index (χ3v) is 4.30. The van der Waals surface area contributed by atoms with Gasteiger partial charge in [0, 0.05) is 22.8 Å². The van der Waals surface area contributed by atoms with E-state index in [4.69, 9.17) is 17.3 Å². The maximum absolute atomic E-state index is 13.4. The second-order valence-electron chi connectivity index (χ2n) is 4.28. The van der Waals surface area contributed by atoms with E-state index in [1.54, 1.807) is 30.3 Å². The number of anilines is 2. The van der Waals surface area contributed by atoms with Crippen LogP contribution in [0, 0.1) is 5.82 Å². The van der Waals surface area contributed by atoms with Crippen LogP contribution in [0.2, 0.25) is 5.02 Å². The molecule has 3 N–H and O–H groups in total. The van der Waals surface area contributed by atoms with Gasteiger partial charge in [-0.15, -0.1) is 11.8 Å². The van der Waals surface area contributed by atoms with Gasteiger partial charge in [0.2, 0.25) is 5.91 Å². The molecule has 0 bridgehead atoms. The highest BCUT2D eigenvalue weighted by Crippen LogP contribution is 2.32. The van der Waals surface area contributed by atoms with Crippen molar-refractivity contribution in [2.24, 2.45) is 0 Å². The van der Waals surface area contributed by atoms with Crippen molar-refractivity contribution in [1.29, 1.82) is 0 Å². The molecule has 0 fully saturated rings. The number of nitrogens with one attached hydrogen (secondary N) is 1. The van der Waals surface area contributed by atoms with E-state index < -0.39 is 5.82 Å². The molecule has 0 aliphatic heterocycles. The van der Waals surface area contributed by atoms with Crippen LogP contribution >= 0.6 is 23.4 Å². The monoisotopic (exact) mass is 324 g/mol. The van der Waals surface area contributed by atoms with Crippen molar-refractivity contribution < 1.29 is 9.18 Å². The molecule has 0 radical (unpaired) electrons. The molecule has 0 aliphatic rings. The van der Waals surface area contributed by atoms with E-state index in [0.717, 1.165) is 4.90 Å². The fourth-order valence-corrected chi connectivity index (χ4v) is 2.98. The van der Waals surface area contributed by atoms with Crippen molar-refractivity contribution in [3.8, 4) is 0 Å². The second kappa shape index (κ2) is 7.33. The molecule has 0 unspecified atom stereocenters. The summed E-state index contributed by atoms with van der Waals surface area (Å²) in [6.07, 6.45) is 0.240. The molecule has 2 rings (SSSR count). The zero-order valence-corrected chi connectivity index (χ0v) is 12.7. The highest BCUT2D eigenvalue weighted by Gasteiger charge is 2.09. The number of halogens is 2. The number of nitrogens with two attached hydrogens (primary N) is 1. The number of carbonyl (C=O) groups is 1. The van der Waals surface area contributed by atoms with Crippen molar-refractivity contribution in [1.82, 2.24) is 0 Å². The average molecular weight is 325 g/mol. The molecule has 3 nitrogen and oxygen atoms in total. The molecule has 0 aliphatic carbocycles. The number of thioether (sulfide) groups is 1. The summed E-state index contributed by atoms with van der Waals surface area (Å²) in [7, 11) is 0. The smallest absolute Gasteiger partial charge is 0.225 e. The van der Waals surface area contributed by atoms with Crippen molar-refractivity contribution in [2.45, 2.75) is 11.3 Å². The summed E-state index contributed by atoms with van der Waals surface area (Å²) in [5, 5.41) is 3.10. The predicted molar refractivity (Wildman–Crippen MR) is 86.2 cm³/mol. The Bertz CT molecular complexity index is 631. The van der Waals surface area contributed by atoms with E-state index in [0.29, 0.717) is 16.5 Å². The quantitative estimate of drug-likeness (QED) is 0.640. The van der Waals surface area contributed by atoms with E-state index >= 15 is 0 Å². The lowest BCUT2D eigenvalue weighted by atomic mass is 10.3. The normalized spacial score (nSPS) is 10.4. The summed E-state index contributed by atoms with van der Waals surface area (Å²) in [6, 6.07) is 11.3. The van der Waals surface area contributed by atoms with Gasteiger partial charge in [0.1, 0.15) is 5.82 Å². The molecular weight excluding hydrogens is 311 g/mol. The maximum Gasteiger partial charge on any atom is 0.225 e. The number of carbonyl (C=O) groups excluding carboxylic acids is 1. The lowest BCUT2D eigenvalue weighted by Gasteiger charge is -2.08. The molecule has 2 aromatic carbocycles. The fourth-order valence-electron chi connectivity index (χ4n) is 1.70. The summed E-state index contributed by atoms with van der Waals surface area (Å²) in [5.74, 6) is -0.194. The van der Waals surface area contributed by atoms with Gasteiger partial charge in [-0.25, -0.2) is 4.39 Å². The van der Waals surface area contributed by atoms with Crippen molar-refractivity contribution in [3.05, 3.63) is 53.3 Å². The van der Waals surface area contributed by atoms with Crippen LogP contribution in [0.3, 0.4) is 0 Å². The van der Waals surface area contributed by atoms with Gasteiger partial charge in [-0.3, -0.25) is 4.79 Å². The first-order chi connectivity index (χ1) is 10.1. The van der Waals surface area contributed by atoms with Gasteiger partial charge in [-0.05, 0) is 24.3 Å². The molecule has 0 heterocycles. The standard InChI is InChI=1S/C15H14ClFN2OS/c16-10-4-3-6-12(18)15(10)21-9-8-14(20)19-13-7-2-1-5-11(13)17/h1-7H,8-9,18H2,(H,19,20). The van der Waals surface area contributed by atoms with E-state index in [1.807, 2.05) is 0 Å². The van der Waals surface area contributed by atoms with Crippen molar-refractivity contribution in [3.63, 3.8) is 0 Å². The number of nitrogen functional groups attached to an aromatic ring is 1. The summed E-state index contributed by atoms with van der Waals surface area (Å²) < 4.78 is 13.4. The molecular formula is C15H14ClFN2OS. The van der Waals surface area contributed by atoms with Gasteiger partial charge >= 0.3 is 0 Å². The van der Waals surface area contributed by atoms with Gasteiger partial charge < -0.3 is 11.1 Å². The lowest BCUT2D eigenvalue weighted by Crippen LogP contribution is -2.13. The van der Waals surface area contributed by atoms with Crippen LogP contribution in [0.15, 0.2) is 47.4 Å². The Morgan fingerprint density at radius 3 is 2.71 bits per heavy atom. The predicted octanol–water partition coefficient (Wildman–Crippen LogP) is 4.18. The van der Waals surface area contributed by atoms with Crippen LogP contribution in [0.1, 0.15) is 6.42 Å². The number of amides is 1. The van der Waals surface area contributed by atoms with Gasteiger partial charge in [-0.1, -0.05) is 29.8 Å². The summed E-state index contributed by atoms with van der Waals surface area (Å²) in [4.78, 5) is 12.5. The Morgan fingerprint density at radius 2 is 2.00 bits per heavy atom. The Labute approximate surface area is 131 Å². The number of para-hydroxylation sites is 1. The van der Waals surface area contributed by atoms with Crippen LogP contribution in [-0.2, 0) is 4.79 Å². The van der Waals surface area contributed by atoms with Crippen molar-refractivity contribution >= 4 is 40.6 Å². The number of rotatable bonds is 5. The highest BCUT2D eigenvalue weighted by atomic mass is 35.5. The molecule has 0 saturated heterocycles. The Hall–Kier alpha value is -1.72. The molecule has 0 saturated carbocycles. The minimum absolute atomic E-state index is 0.185. The number of benzene rings is 2. The number of hydrogen-bond donors (Lipinski definition) is 2.